The fraction of sp³-hybridized carbons (Fsp3) is 0.211. The van der Waals surface area contributed by atoms with E-state index in [1.165, 1.54) is 12.1 Å². The Bertz CT molecular complexity index is 765. The third-order valence-electron chi connectivity index (χ3n) is 3.75. The summed E-state index contributed by atoms with van der Waals surface area (Å²) >= 11 is 0. The zero-order chi connectivity index (χ0) is 18.2. The molecule has 25 heavy (non-hydrogen) atoms. The summed E-state index contributed by atoms with van der Waals surface area (Å²) in [6.45, 7) is 2.33. The van der Waals surface area contributed by atoms with Crippen molar-refractivity contribution >= 4 is 17.2 Å². The molecule has 2 aromatic carbocycles. The van der Waals surface area contributed by atoms with Gasteiger partial charge in [-0.15, -0.1) is 0 Å². The Labute approximate surface area is 146 Å². The predicted molar refractivity (Wildman–Crippen MR) is 96.5 cm³/mol. The molecule has 0 heterocycles. The average Bonchev–Trinajstić information content (AvgIpc) is 2.62. The molecule has 2 rings (SSSR count). The summed E-state index contributed by atoms with van der Waals surface area (Å²) in [7, 11) is 1.61. The first kappa shape index (κ1) is 18.2. The molecule has 0 radical (unpaired) electrons. The average molecular weight is 340 g/mol. The van der Waals surface area contributed by atoms with Crippen LogP contribution < -0.4 is 10.1 Å². The number of carbonyl (C=O) groups is 1. The third-order valence-corrected chi connectivity index (χ3v) is 3.75. The van der Waals surface area contributed by atoms with Crippen molar-refractivity contribution in [2.75, 3.05) is 13.7 Å². The van der Waals surface area contributed by atoms with Crippen molar-refractivity contribution in [1.29, 1.82) is 0 Å². The molecular weight excluding hydrogens is 320 g/mol. The lowest BCUT2D eigenvalue weighted by atomic mass is 10.1. The summed E-state index contributed by atoms with van der Waals surface area (Å²) in [6, 6.07) is 13.8. The molecule has 0 saturated carbocycles. The first-order valence-corrected chi connectivity index (χ1v) is 7.83. The van der Waals surface area contributed by atoms with Gasteiger partial charge in [0.25, 0.3) is 5.69 Å². The topological polar surface area (TPSA) is 81.5 Å². The highest BCUT2D eigenvalue weighted by Crippen LogP contribution is 2.18. The second-order valence-electron chi connectivity index (χ2n) is 5.52. The first-order valence-electron chi connectivity index (χ1n) is 7.83. The molecule has 6 heteroatoms. The van der Waals surface area contributed by atoms with E-state index in [4.69, 9.17) is 4.74 Å². The largest absolute Gasteiger partial charge is 0.497 e. The van der Waals surface area contributed by atoms with Crippen LogP contribution in [0.15, 0.2) is 54.6 Å². The van der Waals surface area contributed by atoms with Crippen LogP contribution in [0.3, 0.4) is 0 Å². The third kappa shape index (κ3) is 5.46. The molecule has 0 spiro atoms. The number of nitro groups is 1. The summed E-state index contributed by atoms with van der Waals surface area (Å²) in [6.07, 6.45) is 2.16. The maximum absolute atomic E-state index is 12.0. The van der Waals surface area contributed by atoms with E-state index in [-0.39, 0.29) is 11.6 Å². The van der Waals surface area contributed by atoms with Crippen molar-refractivity contribution in [3.8, 4) is 5.75 Å². The Balaban J connectivity index is 1.85. The number of amides is 1. The van der Waals surface area contributed by atoms with Crippen LogP contribution >= 0.6 is 0 Å². The lowest BCUT2D eigenvalue weighted by Gasteiger charge is -2.06. The fourth-order valence-electron chi connectivity index (χ4n) is 2.30. The second kappa shape index (κ2) is 8.63. The van der Waals surface area contributed by atoms with E-state index in [9.17, 15) is 14.9 Å². The highest BCUT2D eigenvalue weighted by atomic mass is 16.6. The second-order valence-corrected chi connectivity index (χ2v) is 5.52. The molecule has 2 aromatic rings. The minimum atomic E-state index is -0.432. The van der Waals surface area contributed by atoms with E-state index in [1.54, 1.807) is 25.3 Å². The monoisotopic (exact) mass is 340 g/mol. The molecular formula is C19H20N2O4. The van der Waals surface area contributed by atoms with Gasteiger partial charge < -0.3 is 10.1 Å². The summed E-state index contributed by atoms with van der Waals surface area (Å²) in [5.41, 5.74) is 2.80. The molecule has 1 amide bonds. The molecule has 130 valence electrons. The number of nitro benzene ring substituents is 1. The number of nitrogens with one attached hydrogen (secondary N) is 1. The van der Waals surface area contributed by atoms with Gasteiger partial charge in [0, 0.05) is 24.8 Å². The number of benzene rings is 2. The normalized spacial score (nSPS) is 11.0. The van der Waals surface area contributed by atoms with Crippen molar-refractivity contribution in [3.63, 3.8) is 0 Å². The van der Waals surface area contributed by atoms with Crippen LogP contribution in [-0.2, 0) is 11.2 Å². The first-order chi connectivity index (χ1) is 12.0. The van der Waals surface area contributed by atoms with Gasteiger partial charge >= 0.3 is 0 Å². The van der Waals surface area contributed by atoms with E-state index in [1.807, 2.05) is 31.2 Å². The van der Waals surface area contributed by atoms with Crippen LogP contribution in [0.25, 0.3) is 5.57 Å². The van der Waals surface area contributed by atoms with Crippen LogP contribution in [0, 0.1) is 10.1 Å². The molecule has 0 atom stereocenters. The van der Waals surface area contributed by atoms with Crippen molar-refractivity contribution in [2.45, 2.75) is 13.3 Å². The zero-order valence-corrected chi connectivity index (χ0v) is 14.2. The number of methoxy groups -OCH3 is 1. The lowest BCUT2D eigenvalue weighted by molar-refractivity contribution is -0.384. The van der Waals surface area contributed by atoms with Crippen molar-refractivity contribution < 1.29 is 14.5 Å². The standard InChI is InChI=1S/C19H20N2O4/c1-14(16-5-9-18(25-2)10-6-16)13-19(22)20-12-11-15-3-7-17(8-4-15)21(23)24/h3-10,13H,11-12H2,1-2H3,(H,20,22)/b14-13+. The van der Waals surface area contributed by atoms with Crippen LogP contribution in [0.2, 0.25) is 0 Å². The molecule has 6 nitrogen and oxygen atoms in total. The smallest absolute Gasteiger partial charge is 0.269 e. The summed E-state index contributed by atoms with van der Waals surface area (Å²) in [5.74, 6) is 0.597. The van der Waals surface area contributed by atoms with E-state index in [0.29, 0.717) is 13.0 Å². The Morgan fingerprint density at radius 3 is 2.36 bits per heavy atom. The van der Waals surface area contributed by atoms with Gasteiger partial charge in [0.05, 0.1) is 12.0 Å². The summed E-state index contributed by atoms with van der Waals surface area (Å²) in [5, 5.41) is 13.4. The molecule has 1 N–H and O–H groups in total. The number of rotatable bonds is 7. The van der Waals surface area contributed by atoms with E-state index in [2.05, 4.69) is 5.32 Å². The summed E-state index contributed by atoms with van der Waals surface area (Å²) < 4.78 is 5.11. The van der Waals surface area contributed by atoms with Crippen LogP contribution in [-0.4, -0.2) is 24.5 Å². The lowest BCUT2D eigenvalue weighted by Crippen LogP contribution is -2.23. The SMILES string of the molecule is COc1ccc(/C(C)=C/C(=O)NCCc2ccc([N+](=O)[O-])cc2)cc1. The van der Waals surface area contributed by atoms with Crippen LogP contribution in [0.5, 0.6) is 5.75 Å². The van der Waals surface area contributed by atoms with Crippen LogP contribution in [0.4, 0.5) is 5.69 Å². The molecule has 0 bridgehead atoms. The van der Waals surface area contributed by atoms with Gasteiger partial charge in [-0.3, -0.25) is 14.9 Å². The van der Waals surface area contributed by atoms with E-state index < -0.39 is 4.92 Å². The number of hydrogen-bond donors (Lipinski definition) is 1. The maximum Gasteiger partial charge on any atom is 0.269 e. The molecule has 0 saturated heterocycles. The number of allylic oxidation sites excluding steroid dienone is 1. The van der Waals surface area contributed by atoms with Gasteiger partial charge in [-0.2, -0.15) is 0 Å². The number of non-ortho nitro benzene ring substituents is 1. The molecule has 0 aromatic heterocycles. The minimum absolute atomic E-state index is 0.0610. The number of nitrogens with zero attached hydrogens (tertiary/aromatic N) is 1. The Morgan fingerprint density at radius 1 is 1.16 bits per heavy atom. The maximum atomic E-state index is 12.0. The number of hydrogen-bond acceptors (Lipinski definition) is 4. The number of carbonyl (C=O) groups excluding carboxylic acids is 1. The highest BCUT2D eigenvalue weighted by molar-refractivity contribution is 5.94. The zero-order valence-electron chi connectivity index (χ0n) is 14.2. The fourth-order valence-corrected chi connectivity index (χ4v) is 2.30. The van der Waals surface area contributed by atoms with Crippen molar-refractivity contribution in [2.24, 2.45) is 0 Å². The molecule has 0 unspecified atom stereocenters. The van der Waals surface area contributed by atoms with Gasteiger partial charge in [0.2, 0.25) is 5.91 Å². The van der Waals surface area contributed by atoms with Crippen molar-refractivity contribution in [3.05, 3.63) is 75.8 Å². The minimum Gasteiger partial charge on any atom is -0.497 e. The molecule has 0 aliphatic heterocycles. The van der Waals surface area contributed by atoms with Crippen molar-refractivity contribution in [1.82, 2.24) is 5.32 Å². The highest BCUT2D eigenvalue weighted by Gasteiger charge is 2.05. The van der Waals surface area contributed by atoms with Crippen LogP contribution in [0.1, 0.15) is 18.1 Å². The molecule has 0 aliphatic rings. The molecule has 0 aliphatic carbocycles. The summed E-state index contributed by atoms with van der Waals surface area (Å²) in [4.78, 5) is 22.2. The van der Waals surface area contributed by atoms with Gasteiger partial charge in [-0.1, -0.05) is 24.3 Å². The number of ether oxygens (including phenoxy) is 1. The van der Waals surface area contributed by atoms with Gasteiger partial charge in [0.15, 0.2) is 0 Å². The van der Waals surface area contributed by atoms with E-state index in [0.717, 1.165) is 22.4 Å². The Hall–Kier alpha value is -3.15. The van der Waals surface area contributed by atoms with Gasteiger partial charge in [-0.25, -0.2) is 0 Å². The quantitative estimate of drug-likeness (QED) is 0.476. The van der Waals surface area contributed by atoms with Gasteiger partial charge in [-0.05, 0) is 42.2 Å². The van der Waals surface area contributed by atoms with Gasteiger partial charge in [0.1, 0.15) is 5.75 Å². The Kier molecular flexibility index (Phi) is 6.28. The Morgan fingerprint density at radius 2 is 1.80 bits per heavy atom. The predicted octanol–water partition coefficient (Wildman–Crippen LogP) is 3.37. The van der Waals surface area contributed by atoms with E-state index >= 15 is 0 Å². The molecule has 0 fully saturated rings.